The molecule has 0 N–H and O–H groups in total. The predicted octanol–water partition coefficient (Wildman–Crippen LogP) is 2.08. The molecular weight excluding hydrogens is 262 g/mol. The lowest BCUT2D eigenvalue weighted by Crippen LogP contribution is -2.39. The number of cyclic esters (lactones) is 1. The van der Waals surface area contributed by atoms with E-state index in [0.717, 1.165) is 24.6 Å². The topological polar surface area (TPSA) is 46.6 Å². The van der Waals surface area contributed by atoms with Crippen LogP contribution in [0.4, 0.5) is 4.79 Å². The standard InChI is InChI=1S/C10H14BrNO3/c1-2-3-4-8(5-6-11)12-9(13)7-15-10(12)14/h2,8H,1,3-7H2/t8-/m0/s1. The first kappa shape index (κ1) is 12.2. The van der Waals surface area contributed by atoms with Crippen molar-refractivity contribution in [2.75, 3.05) is 11.9 Å². The average molecular weight is 276 g/mol. The molecule has 0 aromatic rings. The van der Waals surface area contributed by atoms with E-state index in [1.807, 2.05) is 0 Å². The number of rotatable bonds is 6. The van der Waals surface area contributed by atoms with Crippen LogP contribution in [0.3, 0.4) is 0 Å². The molecule has 15 heavy (non-hydrogen) atoms. The number of nitrogens with zero attached hydrogens (tertiary/aromatic N) is 1. The highest BCUT2D eigenvalue weighted by Gasteiger charge is 2.36. The first-order valence-electron chi connectivity index (χ1n) is 4.86. The van der Waals surface area contributed by atoms with Gasteiger partial charge in [-0.1, -0.05) is 22.0 Å². The van der Waals surface area contributed by atoms with Gasteiger partial charge in [-0.3, -0.25) is 4.79 Å². The van der Waals surface area contributed by atoms with Gasteiger partial charge in [-0.2, -0.15) is 0 Å². The maximum Gasteiger partial charge on any atom is 0.417 e. The summed E-state index contributed by atoms with van der Waals surface area (Å²) in [4.78, 5) is 23.9. The molecule has 1 saturated heterocycles. The summed E-state index contributed by atoms with van der Waals surface area (Å²) >= 11 is 3.31. The van der Waals surface area contributed by atoms with E-state index in [9.17, 15) is 9.59 Å². The summed E-state index contributed by atoms with van der Waals surface area (Å²) in [5, 5.41) is 0.756. The molecule has 1 heterocycles. The van der Waals surface area contributed by atoms with E-state index in [1.54, 1.807) is 6.08 Å². The number of amides is 2. The van der Waals surface area contributed by atoms with Gasteiger partial charge in [-0.15, -0.1) is 6.58 Å². The molecule has 0 bridgehead atoms. The number of ether oxygens (including phenoxy) is 1. The maximum atomic E-state index is 11.4. The average Bonchev–Trinajstić information content (AvgIpc) is 2.54. The van der Waals surface area contributed by atoms with Crippen LogP contribution in [0.25, 0.3) is 0 Å². The molecule has 1 aliphatic heterocycles. The Labute approximate surface area is 97.4 Å². The van der Waals surface area contributed by atoms with Crippen molar-refractivity contribution in [1.82, 2.24) is 4.90 Å². The molecule has 4 nitrogen and oxygen atoms in total. The third-order valence-corrected chi connectivity index (χ3v) is 2.75. The summed E-state index contributed by atoms with van der Waals surface area (Å²) in [7, 11) is 0. The monoisotopic (exact) mass is 275 g/mol. The molecule has 5 heteroatoms. The summed E-state index contributed by atoms with van der Waals surface area (Å²) in [6.45, 7) is 3.51. The first-order valence-corrected chi connectivity index (χ1v) is 5.98. The molecule has 84 valence electrons. The second-order valence-electron chi connectivity index (χ2n) is 3.32. The van der Waals surface area contributed by atoms with Gasteiger partial charge in [-0.05, 0) is 19.3 Å². The number of imide groups is 1. The predicted molar refractivity (Wildman–Crippen MR) is 59.8 cm³/mol. The minimum atomic E-state index is -0.519. The van der Waals surface area contributed by atoms with E-state index < -0.39 is 6.09 Å². The summed E-state index contributed by atoms with van der Waals surface area (Å²) in [5.74, 6) is -0.241. The van der Waals surface area contributed by atoms with Crippen LogP contribution in [0.15, 0.2) is 12.7 Å². The molecule has 0 aromatic carbocycles. The van der Waals surface area contributed by atoms with Crippen molar-refractivity contribution in [2.24, 2.45) is 0 Å². The zero-order chi connectivity index (χ0) is 11.3. The van der Waals surface area contributed by atoms with E-state index in [1.165, 1.54) is 4.90 Å². The molecule has 0 aliphatic carbocycles. The SMILES string of the molecule is C=CCC[C@@H](CCBr)N1C(=O)COC1=O. The van der Waals surface area contributed by atoms with Crippen LogP contribution in [-0.4, -0.2) is 34.9 Å². The molecule has 0 saturated carbocycles. The molecule has 0 spiro atoms. The molecule has 1 atom stereocenters. The second kappa shape index (κ2) is 5.90. The highest BCUT2D eigenvalue weighted by molar-refractivity contribution is 9.09. The zero-order valence-electron chi connectivity index (χ0n) is 8.45. The summed E-state index contributed by atoms with van der Waals surface area (Å²) in [6.07, 6.45) is 3.54. The van der Waals surface area contributed by atoms with Crippen molar-refractivity contribution in [2.45, 2.75) is 25.3 Å². The van der Waals surface area contributed by atoms with Gasteiger partial charge in [0.05, 0.1) is 0 Å². The fourth-order valence-electron chi connectivity index (χ4n) is 1.56. The minimum Gasteiger partial charge on any atom is -0.439 e. The van der Waals surface area contributed by atoms with Gasteiger partial charge in [0.1, 0.15) is 0 Å². The van der Waals surface area contributed by atoms with Gasteiger partial charge in [0.25, 0.3) is 5.91 Å². The molecule has 0 unspecified atom stereocenters. The quantitative estimate of drug-likeness (QED) is 0.551. The lowest BCUT2D eigenvalue weighted by molar-refractivity contribution is -0.127. The number of halogens is 1. The Morgan fingerprint density at radius 1 is 1.53 bits per heavy atom. The Morgan fingerprint density at radius 3 is 2.73 bits per heavy atom. The number of hydrogen-bond acceptors (Lipinski definition) is 3. The van der Waals surface area contributed by atoms with Crippen LogP contribution < -0.4 is 0 Å². The summed E-state index contributed by atoms with van der Waals surface area (Å²) in [5.41, 5.74) is 0. The minimum absolute atomic E-state index is 0.0788. The van der Waals surface area contributed by atoms with Gasteiger partial charge in [0.2, 0.25) is 0 Å². The molecular formula is C10H14BrNO3. The third-order valence-electron chi connectivity index (χ3n) is 2.30. The van der Waals surface area contributed by atoms with E-state index in [4.69, 9.17) is 0 Å². The Hall–Kier alpha value is -0.840. The Balaban J connectivity index is 2.64. The van der Waals surface area contributed by atoms with Gasteiger partial charge in [0.15, 0.2) is 6.61 Å². The Kier molecular flexibility index (Phi) is 4.81. The van der Waals surface area contributed by atoms with Gasteiger partial charge in [0, 0.05) is 11.4 Å². The van der Waals surface area contributed by atoms with Crippen LogP contribution in [0.2, 0.25) is 0 Å². The summed E-state index contributed by atoms with van der Waals surface area (Å²) in [6, 6.07) is -0.0788. The number of carbonyl (C=O) groups excluding carboxylic acids is 2. The van der Waals surface area contributed by atoms with E-state index >= 15 is 0 Å². The maximum absolute atomic E-state index is 11.4. The highest BCUT2D eigenvalue weighted by atomic mass is 79.9. The molecule has 0 radical (unpaired) electrons. The van der Waals surface area contributed by atoms with Gasteiger partial charge in [-0.25, -0.2) is 9.69 Å². The smallest absolute Gasteiger partial charge is 0.417 e. The van der Waals surface area contributed by atoms with Crippen molar-refractivity contribution in [3.05, 3.63) is 12.7 Å². The second-order valence-corrected chi connectivity index (χ2v) is 4.11. The van der Waals surface area contributed by atoms with Crippen molar-refractivity contribution in [3.63, 3.8) is 0 Å². The van der Waals surface area contributed by atoms with Crippen LogP contribution in [0, 0.1) is 0 Å². The fourth-order valence-corrected chi connectivity index (χ4v) is 2.08. The number of carbonyl (C=O) groups is 2. The number of allylic oxidation sites excluding steroid dienone is 1. The van der Waals surface area contributed by atoms with Crippen molar-refractivity contribution in [3.8, 4) is 0 Å². The van der Waals surface area contributed by atoms with Crippen molar-refractivity contribution >= 4 is 27.9 Å². The number of hydrogen-bond donors (Lipinski definition) is 0. The van der Waals surface area contributed by atoms with Crippen molar-refractivity contribution < 1.29 is 14.3 Å². The van der Waals surface area contributed by atoms with Crippen molar-refractivity contribution in [1.29, 1.82) is 0 Å². The normalized spacial score (nSPS) is 17.8. The summed E-state index contributed by atoms with van der Waals surface area (Å²) < 4.78 is 4.68. The van der Waals surface area contributed by atoms with E-state index in [0.29, 0.717) is 0 Å². The lowest BCUT2D eigenvalue weighted by Gasteiger charge is -2.22. The highest BCUT2D eigenvalue weighted by Crippen LogP contribution is 2.18. The molecule has 2 amide bonds. The van der Waals surface area contributed by atoms with E-state index in [-0.39, 0.29) is 18.6 Å². The third kappa shape index (κ3) is 3.06. The fraction of sp³-hybridized carbons (Fsp3) is 0.600. The zero-order valence-corrected chi connectivity index (χ0v) is 10.0. The Bertz CT molecular complexity index is 251. The van der Waals surface area contributed by atoms with Crippen LogP contribution in [0.5, 0.6) is 0 Å². The molecule has 0 aromatic heterocycles. The first-order chi connectivity index (χ1) is 7.20. The number of alkyl halides is 1. The van der Waals surface area contributed by atoms with E-state index in [2.05, 4.69) is 27.2 Å². The van der Waals surface area contributed by atoms with Gasteiger partial charge >= 0.3 is 6.09 Å². The van der Waals surface area contributed by atoms with Gasteiger partial charge < -0.3 is 4.74 Å². The molecule has 1 rings (SSSR count). The molecule has 1 fully saturated rings. The van der Waals surface area contributed by atoms with Crippen LogP contribution in [0.1, 0.15) is 19.3 Å². The van der Waals surface area contributed by atoms with Crippen LogP contribution in [-0.2, 0) is 9.53 Å². The Morgan fingerprint density at radius 2 is 2.27 bits per heavy atom. The molecule has 1 aliphatic rings. The van der Waals surface area contributed by atoms with Crippen LogP contribution >= 0.6 is 15.9 Å². The largest absolute Gasteiger partial charge is 0.439 e. The lowest BCUT2D eigenvalue weighted by atomic mass is 10.1.